The topological polar surface area (TPSA) is 76.7 Å². The molecule has 0 bridgehead atoms. The maximum absolute atomic E-state index is 11.3. The monoisotopic (exact) mass is 231 g/mol. The Hall–Kier alpha value is -1.98. The van der Waals surface area contributed by atoms with Crippen LogP contribution in [0.15, 0.2) is 24.3 Å². The third-order valence-electron chi connectivity index (χ3n) is 1.70. The van der Waals surface area contributed by atoms with E-state index >= 15 is 0 Å². The first kappa shape index (κ1) is 12.1. The van der Waals surface area contributed by atoms with E-state index in [-0.39, 0.29) is 11.7 Å². The number of hydrogen-bond acceptors (Lipinski definition) is 4. The molecule has 16 heavy (non-hydrogen) atoms. The molecule has 0 aliphatic rings. The smallest absolute Gasteiger partial charge is 0.234 e. The Labute approximate surface area is 97.9 Å². The van der Waals surface area contributed by atoms with Crippen LogP contribution in [0.25, 0.3) is 0 Å². The van der Waals surface area contributed by atoms with Gasteiger partial charge in [0.1, 0.15) is 0 Å². The van der Waals surface area contributed by atoms with E-state index in [1.807, 2.05) is 12.1 Å². The molecule has 1 N–H and O–H groups in total. The molecule has 0 saturated carbocycles. The molecule has 4 nitrogen and oxygen atoms in total. The second-order valence-corrected chi connectivity index (χ2v) is 3.87. The van der Waals surface area contributed by atoms with Gasteiger partial charge in [-0.05, 0) is 24.3 Å². The van der Waals surface area contributed by atoms with E-state index in [1.165, 1.54) is 11.8 Å². The van der Waals surface area contributed by atoms with Crippen LogP contribution < -0.4 is 5.32 Å². The molecule has 1 aromatic carbocycles. The van der Waals surface area contributed by atoms with Crippen molar-refractivity contribution in [2.45, 2.75) is 0 Å². The lowest BCUT2D eigenvalue weighted by Crippen LogP contribution is -2.14. The Kier molecular flexibility index (Phi) is 4.91. The summed E-state index contributed by atoms with van der Waals surface area (Å²) in [6, 6.07) is 10.6. The zero-order valence-electron chi connectivity index (χ0n) is 8.43. The molecule has 80 valence electrons. The van der Waals surface area contributed by atoms with Crippen LogP contribution in [0.5, 0.6) is 0 Å². The van der Waals surface area contributed by atoms with Gasteiger partial charge in [-0.1, -0.05) is 0 Å². The zero-order valence-corrected chi connectivity index (χ0v) is 9.25. The van der Waals surface area contributed by atoms with Crippen LogP contribution in [-0.4, -0.2) is 17.4 Å². The predicted molar refractivity (Wildman–Crippen MR) is 62.7 cm³/mol. The summed E-state index contributed by atoms with van der Waals surface area (Å²) in [5.74, 6) is 0.416. The predicted octanol–water partition coefficient (Wildman–Crippen LogP) is 1.75. The normalized spacial score (nSPS) is 8.88. The van der Waals surface area contributed by atoms with Gasteiger partial charge >= 0.3 is 0 Å². The molecule has 0 unspecified atom stereocenters. The number of nitriles is 2. The molecule has 1 amide bonds. The van der Waals surface area contributed by atoms with Crippen molar-refractivity contribution in [2.24, 2.45) is 0 Å². The summed E-state index contributed by atoms with van der Waals surface area (Å²) in [6.07, 6.45) is 0. The van der Waals surface area contributed by atoms with Crippen LogP contribution in [0.2, 0.25) is 0 Å². The lowest BCUT2D eigenvalue weighted by atomic mass is 10.2. The molecule has 5 heteroatoms. The maximum Gasteiger partial charge on any atom is 0.234 e. The Balaban J connectivity index is 2.45. The SMILES string of the molecule is N#CCSCC(=O)Nc1ccc(C#N)cc1. The highest BCUT2D eigenvalue weighted by Gasteiger charge is 2.01. The van der Waals surface area contributed by atoms with Gasteiger partial charge in [-0.15, -0.1) is 11.8 Å². The minimum absolute atomic E-state index is 0.148. The van der Waals surface area contributed by atoms with Gasteiger partial charge in [0.25, 0.3) is 0 Å². The number of rotatable bonds is 4. The molecule has 0 heterocycles. The van der Waals surface area contributed by atoms with Crippen molar-refractivity contribution in [2.75, 3.05) is 16.8 Å². The van der Waals surface area contributed by atoms with Crippen LogP contribution >= 0.6 is 11.8 Å². The molecule has 0 saturated heterocycles. The number of amides is 1. The molecule has 0 spiro atoms. The Morgan fingerprint density at radius 2 is 2.00 bits per heavy atom. The van der Waals surface area contributed by atoms with Crippen LogP contribution in [-0.2, 0) is 4.79 Å². The summed E-state index contributed by atoms with van der Waals surface area (Å²) in [6.45, 7) is 0. The fourth-order valence-corrected chi connectivity index (χ4v) is 1.47. The highest BCUT2D eigenvalue weighted by atomic mass is 32.2. The van der Waals surface area contributed by atoms with E-state index in [4.69, 9.17) is 10.5 Å². The van der Waals surface area contributed by atoms with Crippen LogP contribution in [0.1, 0.15) is 5.56 Å². The van der Waals surface area contributed by atoms with Gasteiger partial charge in [-0.25, -0.2) is 0 Å². The molecule has 0 aliphatic carbocycles. The number of hydrogen-bond donors (Lipinski definition) is 1. The number of nitrogens with zero attached hydrogens (tertiary/aromatic N) is 2. The average Bonchev–Trinajstić information content (AvgIpc) is 2.30. The molecular formula is C11H9N3OS. The number of carbonyl (C=O) groups excluding carboxylic acids is 1. The van der Waals surface area contributed by atoms with Crippen molar-refractivity contribution in [1.82, 2.24) is 0 Å². The lowest BCUT2D eigenvalue weighted by Gasteiger charge is -2.03. The summed E-state index contributed by atoms with van der Waals surface area (Å²) in [5.41, 5.74) is 1.21. The Morgan fingerprint density at radius 3 is 2.56 bits per heavy atom. The van der Waals surface area contributed by atoms with Gasteiger partial charge in [0.2, 0.25) is 5.91 Å². The third-order valence-corrected chi connectivity index (χ3v) is 2.50. The summed E-state index contributed by atoms with van der Waals surface area (Å²) in [5, 5.41) is 19.5. The summed E-state index contributed by atoms with van der Waals surface area (Å²) in [7, 11) is 0. The summed E-state index contributed by atoms with van der Waals surface area (Å²) >= 11 is 1.26. The second kappa shape index (κ2) is 6.49. The van der Waals surface area contributed by atoms with Crippen molar-refractivity contribution >= 4 is 23.4 Å². The third kappa shape index (κ3) is 4.04. The number of nitrogens with one attached hydrogen (secondary N) is 1. The van der Waals surface area contributed by atoms with Gasteiger partial charge in [0, 0.05) is 5.69 Å². The van der Waals surface area contributed by atoms with Gasteiger partial charge in [-0.2, -0.15) is 10.5 Å². The van der Waals surface area contributed by atoms with Crippen molar-refractivity contribution in [3.8, 4) is 12.1 Å². The average molecular weight is 231 g/mol. The van der Waals surface area contributed by atoms with Crippen LogP contribution in [0.3, 0.4) is 0 Å². The van der Waals surface area contributed by atoms with Crippen molar-refractivity contribution in [1.29, 1.82) is 10.5 Å². The van der Waals surface area contributed by atoms with E-state index < -0.39 is 0 Å². The second-order valence-electron chi connectivity index (χ2n) is 2.89. The molecule has 0 aromatic heterocycles. The summed E-state index contributed by atoms with van der Waals surface area (Å²) in [4.78, 5) is 11.3. The fraction of sp³-hybridized carbons (Fsp3) is 0.182. The van der Waals surface area contributed by atoms with E-state index in [0.29, 0.717) is 17.0 Å². The van der Waals surface area contributed by atoms with Gasteiger partial charge < -0.3 is 5.32 Å². The molecule has 0 atom stereocenters. The molecular weight excluding hydrogens is 222 g/mol. The number of anilines is 1. The van der Waals surface area contributed by atoms with Gasteiger partial charge in [0.15, 0.2) is 0 Å². The van der Waals surface area contributed by atoms with E-state index in [2.05, 4.69) is 5.32 Å². The number of carbonyl (C=O) groups is 1. The standard InChI is InChI=1S/C11H9N3OS/c12-5-6-16-8-11(15)14-10-3-1-9(7-13)2-4-10/h1-4H,6,8H2,(H,14,15). The molecule has 0 aliphatic heterocycles. The first-order valence-electron chi connectivity index (χ1n) is 4.51. The first-order valence-corrected chi connectivity index (χ1v) is 5.66. The quantitative estimate of drug-likeness (QED) is 0.801. The number of benzene rings is 1. The molecule has 1 rings (SSSR count). The minimum atomic E-state index is -0.148. The van der Waals surface area contributed by atoms with Crippen LogP contribution in [0, 0.1) is 22.7 Å². The minimum Gasteiger partial charge on any atom is -0.325 e. The van der Waals surface area contributed by atoms with Gasteiger partial charge in [-0.3, -0.25) is 4.79 Å². The largest absolute Gasteiger partial charge is 0.325 e. The Morgan fingerprint density at radius 1 is 1.31 bits per heavy atom. The van der Waals surface area contributed by atoms with Crippen molar-refractivity contribution < 1.29 is 4.79 Å². The van der Waals surface area contributed by atoms with Crippen LogP contribution in [0.4, 0.5) is 5.69 Å². The lowest BCUT2D eigenvalue weighted by molar-refractivity contribution is -0.113. The maximum atomic E-state index is 11.3. The van der Waals surface area contributed by atoms with E-state index in [1.54, 1.807) is 24.3 Å². The number of thioether (sulfide) groups is 1. The zero-order chi connectivity index (χ0) is 11.8. The van der Waals surface area contributed by atoms with Gasteiger partial charge in [0.05, 0.1) is 29.2 Å². The van der Waals surface area contributed by atoms with E-state index in [9.17, 15) is 4.79 Å². The van der Waals surface area contributed by atoms with Crippen molar-refractivity contribution in [3.05, 3.63) is 29.8 Å². The summed E-state index contributed by atoms with van der Waals surface area (Å²) < 4.78 is 0. The molecule has 0 fully saturated rings. The van der Waals surface area contributed by atoms with Crippen molar-refractivity contribution in [3.63, 3.8) is 0 Å². The first-order chi connectivity index (χ1) is 7.76. The molecule has 1 aromatic rings. The molecule has 0 radical (unpaired) electrons. The highest BCUT2D eigenvalue weighted by molar-refractivity contribution is 8.00. The fourth-order valence-electron chi connectivity index (χ4n) is 1.01. The highest BCUT2D eigenvalue weighted by Crippen LogP contribution is 2.09. The van der Waals surface area contributed by atoms with E-state index in [0.717, 1.165) is 0 Å². The Bertz CT molecular complexity index is 442.